The molecule has 14 heavy (non-hydrogen) atoms. The van der Waals surface area contributed by atoms with E-state index in [-0.39, 0.29) is 6.04 Å². The van der Waals surface area contributed by atoms with Crippen LogP contribution in [0.25, 0.3) is 0 Å². The number of nitrogens with zero attached hydrogens (tertiary/aromatic N) is 2. The average Bonchev–Trinajstić information content (AvgIpc) is 2.11. The first kappa shape index (κ1) is 13.4. The van der Waals surface area contributed by atoms with Gasteiger partial charge >= 0.3 is 0 Å². The molecule has 0 bridgehead atoms. The Bertz CT molecular complexity index is 303. The van der Waals surface area contributed by atoms with Crippen molar-refractivity contribution in [3.8, 4) is 6.07 Å². The minimum absolute atomic E-state index is 0.0873. The van der Waals surface area contributed by atoms with Crippen LogP contribution in [0.2, 0.25) is 0 Å². The Hall–Kier alpha value is -0.600. The second kappa shape index (κ2) is 5.32. The lowest BCUT2D eigenvalue weighted by Crippen LogP contribution is -2.41. The number of rotatable bonds is 5. The number of nitriles is 1. The Balaban J connectivity index is 4.93. The van der Waals surface area contributed by atoms with E-state index in [4.69, 9.17) is 5.26 Å². The van der Waals surface area contributed by atoms with Crippen LogP contribution in [0.5, 0.6) is 0 Å². The minimum Gasteiger partial charge on any atom is -0.211 e. The quantitative estimate of drug-likeness (QED) is 0.699. The fourth-order valence-electron chi connectivity index (χ4n) is 1.17. The maximum Gasteiger partial charge on any atom is 0.230 e. The van der Waals surface area contributed by atoms with Crippen LogP contribution in [0, 0.1) is 11.3 Å². The largest absolute Gasteiger partial charge is 0.230 e. The lowest BCUT2D eigenvalue weighted by molar-refractivity contribution is 0.352. The van der Waals surface area contributed by atoms with Gasteiger partial charge in [0, 0.05) is 12.6 Å². The Labute approximate surface area is 86.6 Å². The van der Waals surface area contributed by atoms with Crippen LogP contribution in [0.1, 0.15) is 34.1 Å². The monoisotopic (exact) mass is 218 g/mol. The lowest BCUT2D eigenvalue weighted by Gasteiger charge is -2.26. The fourth-order valence-corrected chi connectivity index (χ4v) is 2.73. The summed E-state index contributed by atoms with van der Waals surface area (Å²) in [6, 6.07) is 1.68. The van der Waals surface area contributed by atoms with Crippen molar-refractivity contribution in [3.63, 3.8) is 0 Å². The summed E-state index contributed by atoms with van der Waals surface area (Å²) in [6.45, 7) is 7.45. The fraction of sp³-hybridized carbons (Fsp3) is 0.889. The standard InChI is InChI=1S/C9H18N2O2S/c1-5-6-11(8(2)3)14(12,13)9(4)7-10/h8-9H,5-6H2,1-4H3. The van der Waals surface area contributed by atoms with E-state index in [0.29, 0.717) is 6.54 Å². The van der Waals surface area contributed by atoms with E-state index in [9.17, 15) is 8.42 Å². The second-order valence-electron chi connectivity index (χ2n) is 3.52. The summed E-state index contributed by atoms with van der Waals surface area (Å²) in [6.07, 6.45) is 0.759. The smallest absolute Gasteiger partial charge is 0.211 e. The van der Waals surface area contributed by atoms with Gasteiger partial charge in [0.1, 0.15) is 0 Å². The number of sulfonamides is 1. The Morgan fingerprint density at radius 1 is 1.36 bits per heavy atom. The van der Waals surface area contributed by atoms with E-state index in [1.807, 2.05) is 20.8 Å². The SMILES string of the molecule is CCCN(C(C)C)S(=O)(=O)C(C)C#N. The molecule has 1 atom stereocenters. The van der Waals surface area contributed by atoms with Gasteiger partial charge in [-0.1, -0.05) is 6.92 Å². The van der Waals surface area contributed by atoms with E-state index in [1.54, 1.807) is 6.07 Å². The van der Waals surface area contributed by atoms with Crippen molar-refractivity contribution in [1.82, 2.24) is 4.31 Å². The molecule has 0 aromatic rings. The molecule has 4 nitrogen and oxygen atoms in total. The zero-order valence-electron chi connectivity index (χ0n) is 9.19. The second-order valence-corrected chi connectivity index (χ2v) is 5.73. The van der Waals surface area contributed by atoms with Crippen molar-refractivity contribution >= 4 is 10.0 Å². The van der Waals surface area contributed by atoms with E-state index in [2.05, 4.69) is 0 Å². The highest BCUT2D eigenvalue weighted by molar-refractivity contribution is 7.90. The van der Waals surface area contributed by atoms with Crippen molar-refractivity contribution in [2.45, 2.75) is 45.4 Å². The van der Waals surface area contributed by atoms with Crippen LogP contribution >= 0.6 is 0 Å². The van der Waals surface area contributed by atoms with Crippen molar-refractivity contribution in [2.75, 3.05) is 6.54 Å². The minimum atomic E-state index is -3.44. The molecule has 0 fully saturated rings. The zero-order valence-corrected chi connectivity index (χ0v) is 10.0. The Morgan fingerprint density at radius 2 is 1.86 bits per heavy atom. The molecule has 0 saturated carbocycles. The molecule has 0 radical (unpaired) electrons. The zero-order chi connectivity index (χ0) is 11.4. The van der Waals surface area contributed by atoms with Crippen LogP contribution < -0.4 is 0 Å². The van der Waals surface area contributed by atoms with E-state index < -0.39 is 15.3 Å². The third kappa shape index (κ3) is 2.96. The molecule has 0 aliphatic rings. The molecule has 82 valence electrons. The number of hydrogen-bond donors (Lipinski definition) is 0. The van der Waals surface area contributed by atoms with Crippen LogP contribution in [0.15, 0.2) is 0 Å². The van der Waals surface area contributed by atoms with Crippen molar-refractivity contribution in [1.29, 1.82) is 5.26 Å². The van der Waals surface area contributed by atoms with Crippen LogP contribution in [-0.4, -0.2) is 30.6 Å². The highest BCUT2D eigenvalue weighted by atomic mass is 32.2. The predicted molar refractivity (Wildman–Crippen MR) is 56.1 cm³/mol. The molecule has 0 amide bonds. The predicted octanol–water partition coefficient (Wildman–Crippen LogP) is 1.35. The van der Waals surface area contributed by atoms with Gasteiger partial charge in [-0.25, -0.2) is 8.42 Å². The topological polar surface area (TPSA) is 61.2 Å². The molecule has 0 aliphatic heterocycles. The Kier molecular flexibility index (Phi) is 5.09. The summed E-state index contributed by atoms with van der Waals surface area (Å²) in [4.78, 5) is 0. The van der Waals surface area contributed by atoms with Gasteiger partial charge in [0.25, 0.3) is 0 Å². The van der Waals surface area contributed by atoms with Crippen molar-refractivity contribution in [2.24, 2.45) is 0 Å². The van der Waals surface area contributed by atoms with Gasteiger partial charge in [-0.15, -0.1) is 0 Å². The van der Waals surface area contributed by atoms with Gasteiger partial charge in [-0.3, -0.25) is 0 Å². The molecule has 0 heterocycles. The third-order valence-electron chi connectivity index (χ3n) is 1.98. The number of hydrogen-bond acceptors (Lipinski definition) is 3. The van der Waals surface area contributed by atoms with Gasteiger partial charge in [0.2, 0.25) is 10.0 Å². The van der Waals surface area contributed by atoms with Crippen LogP contribution in [-0.2, 0) is 10.0 Å². The van der Waals surface area contributed by atoms with Gasteiger partial charge in [-0.2, -0.15) is 9.57 Å². The van der Waals surface area contributed by atoms with E-state index >= 15 is 0 Å². The van der Waals surface area contributed by atoms with Crippen molar-refractivity contribution in [3.05, 3.63) is 0 Å². The maximum absolute atomic E-state index is 11.8. The molecule has 0 rings (SSSR count). The molecule has 0 aromatic carbocycles. The molecule has 0 spiro atoms. The van der Waals surface area contributed by atoms with Gasteiger partial charge in [-0.05, 0) is 27.2 Å². The summed E-state index contributed by atoms with van der Waals surface area (Å²) in [5, 5.41) is 7.65. The first-order chi connectivity index (χ1) is 6.37. The molecule has 0 aliphatic carbocycles. The van der Waals surface area contributed by atoms with E-state index in [1.165, 1.54) is 11.2 Å². The molecule has 0 N–H and O–H groups in total. The summed E-state index contributed by atoms with van der Waals surface area (Å²) < 4.78 is 25.0. The van der Waals surface area contributed by atoms with Crippen LogP contribution in [0.4, 0.5) is 0 Å². The molecular formula is C9H18N2O2S. The molecular weight excluding hydrogens is 200 g/mol. The first-order valence-corrected chi connectivity index (χ1v) is 6.28. The summed E-state index contributed by atoms with van der Waals surface area (Å²) >= 11 is 0. The lowest BCUT2D eigenvalue weighted by atomic mass is 10.4. The van der Waals surface area contributed by atoms with Gasteiger partial charge in [0.15, 0.2) is 5.25 Å². The molecule has 5 heteroatoms. The normalized spacial score (nSPS) is 14.4. The highest BCUT2D eigenvalue weighted by Crippen LogP contribution is 2.12. The molecule has 0 saturated heterocycles. The average molecular weight is 218 g/mol. The maximum atomic E-state index is 11.8. The van der Waals surface area contributed by atoms with Crippen molar-refractivity contribution < 1.29 is 8.42 Å². The summed E-state index contributed by atoms with van der Waals surface area (Å²) in [5.74, 6) is 0. The molecule has 0 aromatic heterocycles. The van der Waals surface area contributed by atoms with Gasteiger partial charge in [0.05, 0.1) is 6.07 Å². The molecule has 1 unspecified atom stereocenters. The van der Waals surface area contributed by atoms with Gasteiger partial charge < -0.3 is 0 Å². The Morgan fingerprint density at radius 3 is 2.14 bits per heavy atom. The summed E-state index contributed by atoms with van der Waals surface area (Å²) in [7, 11) is -3.44. The highest BCUT2D eigenvalue weighted by Gasteiger charge is 2.29. The van der Waals surface area contributed by atoms with Crippen LogP contribution in [0.3, 0.4) is 0 Å². The van der Waals surface area contributed by atoms with E-state index in [0.717, 1.165) is 6.42 Å². The first-order valence-electron chi connectivity index (χ1n) is 4.78. The summed E-state index contributed by atoms with van der Waals surface area (Å²) in [5.41, 5.74) is 0. The third-order valence-corrected chi connectivity index (χ3v) is 4.23.